The van der Waals surface area contributed by atoms with Crippen molar-refractivity contribution in [1.82, 2.24) is 4.57 Å². The SMILES string of the molecule is C#CCn1c(=NC(=O)CCCS(=O)(=O)c2ccc(Cl)cc2)sc2cc(C)ccc21. The summed E-state index contributed by atoms with van der Waals surface area (Å²) in [6.07, 6.45) is 5.69. The highest BCUT2D eigenvalue weighted by molar-refractivity contribution is 7.91. The van der Waals surface area contributed by atoms with Gasteiger partial charge in [-0.05, 0) is 55.3 Å². The number of sulfone groups is 1. The lowest BCUT2D eigenvalue weighted by molar-refractivity contribution is -0.118. The van der Waals surface area contributed by atoms with E-state index in [-0.39, 0.29) is 29.4 Å². The van der Waals surface area contributed by atoms with Gasteiger partial charge in [0.2, 0.25) is 5.91 Å². The van der Waals surface area contributed by atoms with Gasteiger partial charge in [0.15, 0.2) is 14.6 Å². The van der Waals surface area contributed by atoms with E-state index < -0.39 is 9.84 Å². The van der Waals surface area contributed by atoms with Crippen molar-refractivity contribution >= 4 is 48.9 Å². The van der Waals surface area contributed by atoms with Gasteiger partial charge in [-0.15, -0.1) is 6.42 Å². The van der Waals surface area contributed by atoms with Gasteiger partial charge >= 0.3 is 0 Å². The number of aryl methyl sites for hydroxylation is 1. The van der Waals surface area contributed by atoms with E-state index in [1.54, 1.807) is 0 Å². The van der Waals surface area contributed by atoms with Crippen molar-refractivity contribution in [3.8, 4) is 12.3 Å². The summed E-state index contributed by atoms with van der Waals surface area (Å²) in [4.78, 5) is 17.2. The number of halogens is 1. The molecule has 0 atom stereocenters. The van der Waals surface area contributed by atoms with Crippen LogP contribution in [0.2, 0.25) is 5.02 Å². The molecule has 0 aliphatic carbocycles. The van der Waals surface area contributed by atoms with Crippen molar-refractivity contribution in [2.24, 2.45) is 4.99 Å². The van der Waals surface area contributed by atoms with E-state index in [1.807, 2.05) is 29.7 Å². The third-order valence-corrected chi connectivity index (χ3v) is 7.39. The van der Waals surface area contributed by atoms with E-state index >= 15 is 0 Å². The molecule has 8 heteroatoms. The fourth-order valence-electron chi connectivity index (χ4n) is 2.85. The third kappa shape index (κ3) is 5.15. The topological polar surface area (TPSA) is 68.5 Å². The summed E-state index contributed by atoms with van der Waals surface area (Å²) in [6.45, 7) is 2.30. The molecule has 0 aliphatic rings. The van der Waals surface area contributed by atoms with Crippen LogP contribution in [0.4, 0.5) is 0 Å². The highest BCUT2D eigenvalue weighted by Gasteiger charge is 2.15. The fourth-order valence-corrected chi connectivity index (χ4v) is 5.43. The molecule has 0 saturated heterocycles. The van der Waals surface area contributed by atoms with Gasteiger partial charge in [0.05, 0.1) is 27.4 Å². The first kappa shape index (κ1) is 21.3. The monoisotopic (exact) mass is 446 g/mol. The van der Waals surface area contributed by atoms with Crippen LogP contribution < -0.4 is 4.80 Å². The minimum Gasteiger partial charge on any atom is -0.305 e. The van der Waals surface area contributed by atoms with Gasteiger partial charge in [-0.3, -0.25) is 4.79 Å². The Bertz CT molecular complexity index is 1260. The molecule has 29 heavy (non-hydrogen) atoms. The molecule has 0 radical (unpaired) electrons. The van der Waals surface area contributed by atoms with Crippen LogP contribution in [0, 0.1) is 19.3 Å². The van der Waals surface area contributed by atoms with E-state index in [9.17, 15) is 13.2 Å². The van der Waals surface area contributed by atoms with Crippen molar-refractivity contribution < 1.29 is 13.2 Å². The first-order valence-corrected chi connectivity index (χ1v) is 11.7. The van der Waals surface area contributed by atoms with Crippen LogP contribution in [0.1, 0.15) is 18.4 Å². The number of amides is 1. The molecule has 1 aromatic heterocycles. The summed E-state index contributed by atoms with van der Waals surface area (Å²) in [6, 6.07) is 12.0. The van der Waals surface area contributed by atoms with Gasteiger partial charge in [-0.1, -0.05) is 34.9 Å². The second-order valence-corrected chi connectivity index (χ2v) is 10.1. The molecule has 0 aliphatic heterocycles. The molecule has 3 rings (SSSR count). The van der Waals surface area contributed by atoms with E-state index in [1.165, 1.54) is 35.6 Å². The van der Waals surface area contributed by atoms with Crippen LogP contribution in [0.3, 0.4) is 0 Å². The number of carbonyl (C=O) groups excluding carboxylic acids is 1. The number of nitrogens with zero attached hydrogens (tertiary/aromatic N) is 2. The molecule has 1 heterocycles. The molecule has 150 valence electrons. The van der Waals surface area contributed by atoms with Crippen LogP contribution in [-0.2, 0) is 21.2 Å². The number of carbonyl (C=O) groups is 1. The van der Waals surface area contributed by atoms with Gasteiger partial charge in [-0.25, -0.2) is 8.42 Å². The van der Waals surface area contributed by atoms with Crippen molar-refractivity contribution in [2.75, 3.05) is 5.75 Å². The molecule has 3 aromatic rings. The molecular weight excluding hydrogens is 428 g/mol. The molecule has 5 nitrogen and oxygen atoms in total. The van der Waals surface area contributed by atoms with Crippen molar-refractivity contribution in [1.29, 1.82) is 0 Å². The first-order chi connectivity index (χ1) is 13.8. The zero-order valence-corrected chi connectivity index (χ0v) is 18.1. The second-order valence-electron chi connectivity index (χ2n) is 6.53. The van der Waals surface area contributed by atoms with E-state index in [0.717, 1.165) is 15.8 Å². The average Bonchev–Trinajstić information content (AvgIpc) is 2.98. The van der Waals surface area contributed by atoms with Gasteiger partial charge < -0.3 is 4.57 Å². The van der Waals surface area contributed by atoms with Crippen LogP contribution in [0.15, 0.2) is 52.4 Å². The molecule has 0 fully saturated rings. The predicted octanol–water partition coefficient (Wildman–Crippen LogP) is 3.98. The Kier molecular flexibility index (Phi) is 6.58. The lowest BCUT2D eigenvalue weighted by Gasteiger charge is -2.03. The highest BCUT2D eigenvalue weighted by atomic mass is 35.5. The molecule has 0 unspecified atom stereocenters. The van der Waals surface area contributed by atoms with Crippen LogP contribution in [0.5, 0.6) is 0 Å². The Balaban J connectivity index is 1.75. The molecule has 0 saturated carbocycles. The van der Waals surface area contributed by atoms with Crippen LogP contribution >= 0.6 is 22.9 Å². The average molecular weight is 447 g/mol. The number of aromatic nitrogens is 1. The minimum atomic E-state index is -3.47. The van der Waals surface area contributed by atoms with Crippen molar-refractivity contribution in [2.45, 2.75) is 31.2 Å². The third-order valence-electron chi connectivity index (χ3n) is 4.28. The standard InChI is InChI=1S/C21H19ClN2O3S2/c1-3-12-24-18-11-6-15(2)14-19(18)28-21(24)23-20(25)5-4-13-29(26,27)17-9-7-16(22)8-10-17/h1,6-11,14H,4-5,12-13H2,2H3. The number of fused-ring (bicyclic) bond motifs is 1. The Morgan fingerprint density at radius 2 is 1.97 bits per heavy atom. The normalized spacial score (nSPS) is 12.2. The van der Waals surface area contributed by atoms with Gasteiger partial charge in [0.25, 0.3) is 0 Å². The number of terminal acetylenes is 1. The largest absolute Gasteiger partial charge is 0.305 e. The summed E-state index contributed by atoms with van der Waals surface area (Å²) in [7, 11) is -3.47. The zero-order chi connectivity index (χ0) is 21.0. The highest BCUT2D eigenvalue weighted by Crippen LogP contribution is 2.19. The Morgan fingerprint density at radius 3 is 2.66 bits per heavy atom. The fraction of sp³-hybridized carbons (Fsp3) is 0.238. The van der Waals surface area contributed by atoms with Gasteiger partial charge in [0.1, 0.15) is 0 Å². The lowest BCUT2D eigenvalue weighted by Crippen LogP contribution is -2.16. The minimum absolute atomic E-state index is 0.0378. The molecule has 0 bridgehead atoms. The Hall–Kier alpha value is -2.40. The van der Waals surface area contributed by atoms with Crippen molar-refractivity contribution in [3.63, 3.8) is 0 Å². The Morgan fingerprint density at radius 1 is 1.24 bits per heavy atom. The summed E-state index contributed by atoms with van der Waals surface area (Å²) >= 11 is 7.19. The number of hydrogen-bond donors (Lipinski definition) is 0. The molecule has 0 N–H and O–H groups in total. The van der Waals surface area contributed by atoms with E-state index in [2.05, 4.69) is 10.9 Å². The summed E-state index contributed by atoms with van der Waals surface area (Å²) < 4.78 is 27.5. The van der Waals surface area contributed by atoms with Gasteiger partial charge in [0, 0.05) is 11.4 Å². The predicted molar refractivity (Wildman–Crippen MR) is 117 cm³/mol. The maximum Gasteiger partial charge on any atom is 0.248 e. The molecule has 0 spiro atoms. The quantitative estimate of drug-likeness (QED) is 0.538. The maximum absolute atomic E-state index is 12.4. The van der Waals surface area contributed by atoms with E-state index in [0.29, 0.717) is 16.4 Å². The number of rotatable bonds is 6. The zero-order valence-electron chi connectivity index (χ0n) is 15.8. The van der Waals surface area contributed by atoms with Crippen LogP contribution in [0.25, 0.3) is 10.2 Å². The second kappa shape index (κ2) is 8.95. The molecular formula is C21H19ClN2O3S2. The first-order valence-electron chi connectivity index (χ1n) is 8.89. The molecule has 2 aromatic carbocycles. The Labute approximate surface area is 178 Å². The van der Waals surface area contributed by atoms with E-state index in [4.69, 9.17) is 18.0 Å². The smallest absolute Gasteiger partial charge is 0.248 e. The maximum atomic E-state index is 12.4. The van der Waals surface area contributed by atoms with Crippen LogP contribution in [-0.4, -0.2) is 24.6 Å². The van der Waals surface area contributed by atoms with Gasteiger partial charge in [-0.2, -0.15) is 4.99 Å². The summed E-state index contributed by atoms with van der Waals surface area (Å²) in [5.41, 5.74) is 2.03. The number of benzene rings is 2. The number of thiazole rings is 1. The van der Waals surface area contributed by atoms with Crippen molar-refractivity contribution in [3.05, 3.63) is 57.9 Å². The summed E-state index contributed by atoms with van der Waals surface area (Å²) in [5.74, 6) is 2.08. The molecule has 1 amide bonds. The summed E-state index contributed by atoms with van der Waals surface area (Å²) in [5, 5.41) is 0.469. The lowest BCUT2D eigenvalue weighted by atomic mass is 10.2. The number of hydrogen-bond acceptors (Lipinski definition) is 4.